The van der Waals surface area contributed by atoms with Crippen molar-refractivity contribution in [2.45, 2.75) is 30.8 Å². The number of aromatic nitrogens is 1. The van der Waals surface area contributed by atoms with E-state index in [9.17, 15) is 8.42 Å². The Bertz CT molecular complexity index is 887. The molecular formula is C13H99N7O2S3. The Labute approximate surface area is 219 Å². The first kappa shape index (κ1) is 14.8. The Kier molecular flexibility index (Phi) is 5.87. The highest BCUT2D eigenvalue weighted by Gasteiger charge is 2.16. The number of nitrogens with two attached hydrogens (primary N) is 1. The van der Waals surface area contributed by atoms with Gasteiger partial charge in [0, 0.05) is 108 Å². The molecule has 0 radical (unpaired) electrons. The Morgan fingerprint density at radius 3 is 2.80 bits per heavy atom. The van der Waals surface area contributed by atoms with E-state index in [4.69, 9.17) is 18.4 Å². The Hall–Kier alpha value is -1.37. The quantitative estimate of drug-likeness (QED) is 0.232. The maximum atomic E-state index is 11.1. The number of aliphatic imine (C=N–C) groups is 2. The van der Waals surface area contributed by atoms with Crippen molar-refractivity contribution in [2.24, 2.45) is 20.1 Å². The van der Waals surface area contributed by atoms with E-state index in [1.54, 1.807) is 25.9 Å². The Morgan fingerprint density at radius 1 is 1.60 bits per heavy atom. The van der Waals surface area contributed by atoms with E-state index >= 15 is 0 Å². The van der Waals surface area contributed by atoms with Gasteiger partial charge < -0.3 is 10.3 Å². The first-order chi connectivity index (χ1) is 16.1. The van der Waals surface area contributed by atoms with E-state index < -0.39 is 10.2 Å². The normalized spacial score (nSPS) is 18.5. The van der Waals surface area contributed by atoms with Crippen LogP contribution < -0.4 is 20.0 Å². The van der Waals surface area contributed by atoms with Gasteiger partial charge in [0.2, 0.25) is 5.96 Å². The molecule has 0 aliphatic rings. The van der Waals surface area contributed by atoms with Crippen LogP contribution in [0.3, 0.4) is 0 Å². The molecule has 0 fully saturated rings. The fraction of sp³-hybridized carbons (Fsp3) is 0.615. The van der Waals surface area contributed by atoms with Crippen LogP contribution in [-0.4, -0.2) is 51.6 Å². The monoisotopic (exact) mass is 491 g/mol. The summed E-state index contributed by atoms with van der Waals surface area (Å²) in [5, 5.41) is 8.28. The smallest absolute Gasteiger partial charge is 0.297 e. The molecule has 2 unspecified atom stereocenters. The number of nitrogens with one attached hydrogen (secondary N) is 3. The van der Waals surface area contributed by atoms with Gasteiger partial charge in [-0.3, -0.25) is 14.7 Å². The molecule has 0 aromatic carbocycles. The van der Waals surface area contributed by atoms with E-state index in [1.807, 2.05) is 13.8 Å². The minimum atomic E-state index is -3.84. The van der Waals surface area contributed by atoms with Gasteiger partial charge >= 0.3 is 0 Å². The summed E-state index contributed by atoms with van der Waals surface area (Å²) in [7, 11) is 1.03. The maximum absolute atomic E-state index is 11.1. The highest BCUT2D eigenvalue weighted by molar-refractivity contribution is 8.00. The molecule has 1 aromatic rings. The number of thioether (sulfide) groups is 1. The fourth-order valence-corrected chi connectivity index (χ4v) is 4.41. The summed E-state index contributed by atoms with van der Waals surface area (Å²) in [6, 6.07) is 0. The van der Waals surface area contributed by atoms with Crippen LogP contribution in [0.1, 0.15) is 91.5 Å². The lowest BCUT2D eigenvalue weighted by atomic mass is 10.3. The standard InChI is InChI=1S/C13H25N7O2S3.37H2/c1-8(6-11(15-3)20-25(14,21)22)24-9(2)10-7-23-13(18-10)19-12(16-4)17-5;;;;;;;;;;;;;;;;;;;;;;;;;;;;;;;;;;;;;/h7-9H,6H2,1-5H3,(H,15,20)(H2,14,21,22)(H2,16,17,18,19);37*1H/i7D;4*1+1D;;;;;;;;;;;;;;;;;;;;;;;;;;;;;;;;;. The van der Waals surface area contributed by atoms with Gasteiger partial charge in [-0.15, -0.1) is 23.1 Å². The summed E-state index contributed by atoms with van der Waals surface area (Å²) >= 11 is 2.83. The van der Waals surface area contributed by atoms with Crippen LogP contribution in [0.2, 0.25) is 0 Å². The lowest BCUT2D eigenvalue weighted by molar-refractivity contribution is 0.593. The third-order valence-electron chi connectivity index (χ3n) is 3.00. The van der Waals surface area contributed by atoms with Crippen molar-refractivity contribution >= 4 is 45.1 Å². The topological polar surface area (TPSA) is 137 Å². The van der Waals surface area contributed by atoms with E-state index in [1.165, 1.54) is 18.4 Å². The van der Waals surface area contributed by atoms with Gasteiger partial charge in [-0.05, 0) is 6.92 Å². The average molecular weight is 491 g/mol. The lowest BCUT2D eigenvalue weighted by Gasteiger charge is -2.17. The molecule has 1 rings (SSSR count). The van der Waals surface area contributed by atoms with Crippen molar-refractivity contribution in [1.82, 2.24) is 15.0 Å². The number of rotatable bonds is 6. The van der Waals surface area contributed by atoms with Gasteiger partial charge in [-0.2, -0.15) is 13.4 Å². The van der Waals surface area contributed by atoms with Crippen LogP contribution in [-0.2, 0) is 10.2 Å². The number of hydrogen-bond donors (Lipinski definition) is 4. The molecule has 0 saturated heterocycles. The summed E-state index contributed by atoms with van der Waals surface area (Å²) in [5.74, 6) is 0.772. The molecule has 0 bridgehead atoms. The lowest BCUT2D eigenvalue weighted by Crippen LogP contribution is -2.37. The van der Waals surface area contributed by atoms with Crippen molar-refractivity contribution < 1.29 is 68.7 Å². The number of thiazole rings is 1. The molecule has 5 N–H and O–H groups in total. The molecule has 216 valence electrons. The predicted octanol–water partition coefficient (Wildman–Crippen LogP) is 9.68. The van der Waals surface area contributed by atoms with E-state index in [0.29, 0.717) is 28.4 Å². The fourth-order valence-electron chi connectivity index (χ4n) is 1.90. The van der Waals surface area contributed by atoms with E-state index in [-0.39, 0.29) is 57.6 Å². The van der Waals surface area contributed by atoms with Gasteiger partial charge in [0.15, 0.2) is 4.80 Å². The zero-order chi connectivity index (χ0) is 27.9. The third kappa shape index (κ3) is 8.03. The molecule has 9 nitrogen and oxygen atoms in total. The molecule has 0 aliphatic carbocycles. The number of H-pyrrole nitrogens is 1. The zero-order valence-corrected chi connectivity index (χ0v) is 17.3. The number of guanidine groups is 1. The molecule has 0 spiro atoms. The highest BCUT2D eigenvalue weighted by atomic mass is 32.2. The van der Waals surface area contributed by atoms with Crippen LogP contribution in [0, 0.1) is 0 Å². The molecular weight excluding hydrogens is 382 g/mol. The molecule has 0 amide bonds. The first-order valence-corrected chi connectivity index (χ1v) is 10.7. The van der Waals surface area contributed by atoms with Crippen molar-refractivity contribution in [3.63, 3.8) is 0 Å². The van der Waals surface area contributed by atoms with Gasteiger partial charge in [0.1, 0.15) is 5.84 Å². The van der Waals surface area contributed by atoms with Crippen molar-refractivity contribution in [3.8, 4) is 0 Å². The number of amidine groups is 1. The average Bonchev–Trinajstić information content (AvgIpc) is 3.21. The van der Waals surface area contributed by atoms with Crippen molar-refractivity contribution in [2.75, 3.05) is 21.1 Å². The molecule has 0 aliphatic heterocycles. The number of nitrogens with zero attached hydrogens (tertiary/aromatic N) is 3. The van der Waals surface area contributed by atoms with Gasteiger partial charge in [0.25, 0.3) is 10.2 Å². The summed E-state index contributed by atoms with van der Waals surface area (Å²) < 4.78 is 72.6. The summed E-state index contributed by atoms with van der Waals surface area (Å²) in [5.41, 5.74) is 0.756. The molecule has 12 heteroatoms. The van der Waals surface area contributed by atoms with Crippen LogP contribution in [0.4, 0.5) is 0 Å². The van der Waals surface area contributed by atoms with E-state index in [2.05, 4.69) is 30.0 Å². The van der Waals surface area contributed by atoms with Gasteiger partial charge in [-0.25, -0.2) is 5.14 Å². The number of aromatic amines is 1. The third-order valence-corrected chi connectivity index (χ3v) is 5.50. The van der Waals surface area contributed by atoms with Crippen LogP contribution in [0.15, 0.2) is 20.3 Å². The number of hydrogen-bond acceptors (Lipinski definition) is 6. The SMILES string of the molecule is [2H][2H].[2H][2H].[2H][2H].[2H][2H].[2H]c1sc(=NC(=NC)NC)[nH]c1C(C)SC(C)CC(=NC)NS(N)(=O)=O.[HH].[HH].[HH].[HH].[HH].[HH].[HH].[HH].[HH].[HH].[HH].[HH].[HH].[HH].[HH].[HH].[HH].[HH].[HH].[HH].[HH].[HH].[HH].[HH].[HH].[HH].[HH].[HH].[HH].[HH].[HH].[HH].[HH]. The van der Waals surface area contributed by atoms with Gasteiger partial charge in [-0.1, -0.05) is 6.92 Å². The molecule has 25 heavy (non-hydrogen) atoms. The van der Waals surface area contributed by atoms with Crippen molar-refractivity contribution in [1.29, 1.82) is 0 Å². The first-order valence-electron chi connectivity index (χ1n) is 11.9. The minimum absolute atomic E-state index is 0. The van der Waals surface area contributed by atoms with E-state index in [0.717, 1.165) is 5.69 Å². The van der Waals surface area contributed by atoms with Crippen LogP contribution in [0.5, 0.6) is 0 Å². The Balaban J connectivity index is -0.00000000596. The molecule has 1 heterocycles. The van der Waals surface area contributed by atoms with Gasteiger partial charge in [0.05, 0.1) is 1.37 Å². The predicted molar refractivity (Wildman–Crippen MR) is 185 cm³/mol. The van der Waals surface area contributed by atoms with Crippen LogP contribution >= 0.6 is 23.1 Å². The summed E-state index contributed by atoms with van der Waals surface area (Å²) in [6.45, 7) is 3.94. The second-order valence-corrected chi connectivity index (χ2v) is 8.94. The Morgan fingerprint density at radius 2 is 2.28 bits per heavy atom. The minimum Gasteiger partial charge on any atom is -0.358 e. The summed E-state index contributed by atoms with van der Waals surface area (Å²) in [4.78, 5) is 16.0. The molecule has 0 saturated carbocycles. The maximum Gasteiger partial charge on any atom is 0.297 e. The second-order valence-electron chi connectivity index (χ2n) is 5.07. The molecule has 1 aromatic heterocycles. The van der Waals surface area contributed by atoms with Crippen LogP contribution in [0.25, 0.3) is 0 Å². The highest BCUT2D eigenvalue weighted by Crippen LogP contribution is 2.32. The largest absolute Gasteiger partial charge is 0.358 e. The second kappa shape index (κ2) is 9.94. The van der Waals surface area contributed by atoms with Crippen molar-refractivity contribution in [3.05, 3.63) is 15.9 Å². The molecule has 2 atom stereocenters. The summed E-state index contributed by atoms with van der Waals surface area (Å²) in [6.07, 6.45) is 0.406. The zero-order valence-electron chi connectivity index (χ0n) is 23.8.